The fraction of sp³-hybridized carbons (Fsp3) is 0.200. The first-order valence-electron chi connectivity index (χ1n) is 4.57. The van der Waals surface area contributed by atoms with Crippen molar-refractivity contribution >= 4 is 11.9 Å². The minimum atomic E-state index is -3.15. The fourth-order valence-electron chi connectivity index (χ4n) is 1.06. The number of carbonyl (C=O) groups is 2. The number of carboxylic acids is 1. The normalized spacial score (nSPS) is 14.1. The van der Waals surface area contributed by atoms with Crippen LogP contribution in [0.25, 0.3) is 0 Å². The molecule has 1 amide bonds. The summed E-state index contributed by atoms with van der Waals surface area (Å²) < 4.78 is 0. The fourth-order valence-corrected chi connectivity index (χ4v) is 1.06. The maximum atomic E-state index is 11.5. The first-order valence-corrected chi connectivity index (χ1v) is 4.57. The number of aliphatic hydroxyl groups is 3. The van der Waals surface area contributed by atoms with Crippen molar-refractivity contribution in [3.8, 4) is 0 Å². The SMILES string of the molecule is O=C(N[C@](O)(C(=O)O)C(O)O)c1ccccc1. The van der Waals surface area contributed by atoms with E-state index in [9.17, 15) is 14.7 Å². The Morgan fingerprint density at radius 3 is 2.12 bits per heavy atom. The number of aliphatic hydroxyl groups excluding tert-OH is 1. The molecule has 7 heteroatoms. The maximum absolute atomic E-state index is 11.5. The highest BCUT2D eigenvalue weighted by Gasteiger charge is 2.45. The largest absolute Gasteiger partial charge is 0.478 e. The van der Waals surface area contributed by atoms with E-state index in [2.05, 4.69) is 0 Å². The van der Waals surface area contributed by atoms with Crippen LogP contribution in [-0.2, 0) is 4.79 Å². The van der Waals surface area contributed by atoms with E-state index in [4.69, 9.17) is 15.3 Å². The number of rotatable bonds is 4. The summed E-state index contributed by atoms with van der Waals surface area (Å²) in [6, 6.07) is 7.46. The van der Waals surface area contributed by atoms with E-state index in [0.717, 1.165) is 0 Å². The van der Waals surface area contributed by atoms with Gasteiger partial charge in [-0.15, -0.1) is 0 Å². The summed E-state index contributed by atoms with van der Waals surface area (Å²) in [6.45, 7) is 0. The zero-order valence-corrected chi connectivity index (χ0v) is 8.57. The second-order valence-electron chi connectivity index (χ2n) is 3.27. The first-order chi connectivity index (χ1) is 7.88. The molecule has 17 heavy (non-hydrogen) atoms. The highest BCUT2D eigenvalue weighted by Crippen LogP contribution is 2.08. The number of benzene rings is 1. The summed E-state index contributed by atoms with van der Waals surface area (Å²) in [5, 5.41) is 37.1. The van der Waals surface area contributed by atoms with Crippen LogP contribution in [0.4, 0.5) is 0 Å². The van der Waals surface area contributed by atoms with Gasteiger partial charge in [0.1, 0.15) is 0 Å². The number of hydrogen-bond acceptors (Lipinski definition) is 5. The van der Waals surface area contributed by atoms with Crippen LogP contribution in [0.3, 0.4) is 0 Å². The minimum Gasteiger partial charge on any atom is -0.478 e. The topological polar surface area (TPSA) is 127 Å². The van der Waals surface area contributed by atoms with Gasteiger partial charge in [-0.25, -0.2) is 4.79 Å². The average molecular weight is 241 g/mol. The van der Waals surface area contributed by atoms with Gasteiger partial charge in [0, 0.05) is 5.56 Å². The van der Waals surface area contributed by atoms with Crippen LogP contribution in [0.5, 0.6) is 0 Å². The molecule has 92 valence electrons. The molecule has 0 saturated heterocycles. The molecule has 0 heterocycles. The first kappa shape index (κ1) is 13.1. The van der Waals surface area contributed by atoms with Gasteiger partial charge in [-0.05, 0) is 12.1 Å². The van der Waals surface area contributed by atoms with Gasteiger partial charge in [0.05, 0.1) is 0 Å². The second-order valence-corrected chi connectivity index (χ2v) is 3.27. The van der Waals surface area contributed by atoms with Gasteiger partial charge in [-0.3, -0.25) is 4.79 Å². The highest BCUT2D eigenvalue weighted by atomic mass is 16.5. The third-order valence-electron chi connectivity index (χ3n) is 2.04. The molecular weight excluding hydrogens is 230 g/mol. The molecule has 0 spiro atoms. The van der Waals surface area contributed by atoms with E-state index in [1.54, 1.807) is 11.4 Å². The molecular formula is C10H11NO6. The lowest BCUT2D eigenvalue weighted by molar-refractivity contribution is -0.212. The lowest BCUT2D eigenvalue weighted by Gasteiger charge is -2.25. The molecule has 5 N–H and O–H groups in total. The predicted octanol–water partition coefficient (Wildman–Crippen LogP) is -1.50. The Morgan fingerprint density at radius 2 is 1.71 bits per heavy atom. The number of amides is 1. The van der Waals surface area contributed by atoms with E-state index in [1.807, 2.05) is 0 Å². The van der Waals surface area contributed by atoms with Crippen molar-refractivity contribution in [3.05, 3.63) is 35.9 Å². The van der Waals surface area contributed by atoms with E-state index in [1.165, 1.54) is 24.3 Å². The number of hydrogen-bond donors (Lipinski definition) is 5. The molecule has 0 bridgehead atoms. The molecule has 7 nitrogen and oxygen atoms in total. The maximum Gasteiger partial charge on any atom is 0.362 e. The standard InChI is InChI=1S/C10H11NO6/c12-7(6-4-2-1-3-5-6)11-10(17,8(13)14)9(15)16/h1-5,8,13-14,17H,(H,11,12)(H,15,16)/t10-/m1/s1. The molecule has 0 aromatic heterocycles. The Hall–Kier alpha value is -1.96. The van der Waals surface area contributed by atoms with Gasteiger partial charge in [-0.2, -0.15) is 0 Å². The average Bonchev–Trinajstić information content (AvgIpc) is 2.29. The molecule has 0 aliphatic heterocycles. The molecule has 0 aliphatic carbocycles. The third kappa shape index (κ3) is 2.78. The van der Waals surface area contributed by atoms with Gasteiger partial charge in [0.2, 0.25) is 6.29 Å². The van der Waals surface area contributed by atoms with Crippen LogP contribution in [0, 0.1) is 0 Å². The van der Waals surface area contributed by atoms with Crippen LogP contribution in [0.15, 0.2) is 30.3 Å². The minimum absolute atomic E-state index is 0.0767. The Balaban J connectivity index is 2.90. The predicted molar refractivity (Wildman–Crippen MR) is 54.7 cm³/mol. The smallest absolute Gasteiger partial charge is 0.362 e. The second kappa shape index (κ2) is 4.91. The quantitative estimate of drug-likeness (QED) is 0.408. The summed E-state index contributed by atoms with van der Waals surface area (Å²) in [5.41, 5.74) is -3.07. The van der Waals surface area contributed by atoms with Crippen molar-refractivity contribution in [1.29, 1.82) is 0 Å². The van der Waals surface area contributed by atoms with E-state index in [-0.39, 0.29) is 5.56 Å². The summed E-state index contributed by atoms with van der Waals surface area (Å²) in [4.78, 5) is 22.2. The van der Waals surface area contributed by atoms with Crippen molar-refractivity contribution in [1.82, 2.24) is 5.32 Å². The van der Waals surface area contributed by atoms with Crippen molar-refractivity contribution in [2.24, 2.45) is 0 Å². The molecule has 0 unspecified atom stereocenters. The van der Waals surface area contributed by atoms with Crippen LogP contribution in [-0.4, -0.2) is 44.3 Å². The molecule has 1 rings (SSSR count). The molecule has 0 radical (unpaired) electrons. The van der Waals surface area contributed by atoms with Gasteiger partial charge in [0.25, 0.3) is 11.6 Å². The Labute approximate surface area is 95.9 Å². The number of aliphatic carboxylic acids is 1. The molecule has 1 aromatic rings. The molecule has 1 atom stereocenters. The van der Waals surface area contributed by atoms with Gasteiger partial charge >= 0.3 is 5.97 Å². The summed E-state index contributed by atoms with van der Waals surface area (Å²) in [7, 11) is 0. The highest BCUT2D eigenvalue weighted by molar-refractivity contribution is 5.97. The number of carbonyl (C=O) groups excluding carboxylic acids is 1. The van der Waals surface area contributed by atoms with Crippen molar-refractivity contribution in [2.45, 2.75) is 12.0 Å². The molecule has 0 fully saturated rings. The zero-order chi connectivity index (χ0) is 13.1. The Bertz CT molecular complexity index is 418. The van der Waals surface area contributed by atoms with E-state index in [0.29, 0.717) is 0 Å². The Morgan fingerprint density at radius 1 is 1.18 bits per heavy atom. The van der Waals surface area contributed by atoms with Crippen molar-refractivity contribution in [3.63, 3.8) is 0 Å². The van der Waals surface area contributed by atoms with E-state index >= 15 is 0 Å². The van der Waals surface area contributed by atoms with Crippen molar-refractivity contribution < 1.29 is 30.0 Å². The molecule has 0 saturated carbocycles. The van der Waals surface area contributed by atoms with E-state index < -0.39 is 23.9 Å². The molecule has 0 aliphatic rings. The zero-order valence-electron chi connectivity index (χ0n) is 8.57. The summed E-state index contributed by atoms with van der Waals surface area (Å²) in [6.07, 6.45) is -2.65. The third-order valence-corrected chi connectivity index (χ3v) is 2.04. The lowest BCUT2D eigenvalue weighted by atomic mass is 10.1. The van der Waals surface area contributed by atoms with Crippen LogP contribution < -0.4 is 5.32 Å². The molecule has 1 aromatic carbocycles. The van der Waals surface area contributed by atoms with Gasteiger partial charge in [-0.1, -0.05) is 18.2 Å². The monoisotopic (exact) mass is 241 g/mol. The van der Waals surface area contributed by atoms with Crippen LogP contribution in [0.2, 0.25) is 0 Å². The van der Waals surface area contributed by atoms with Gasteiger partial charge < -0.3 is 25.7 Å². The number of nitrogens with one attached hydrogen (secondary N) is 1. The van der Waals surface area contributed by atoms with Crippen molar-refractivity contribution in [2.75, 3.05) is 0 Å². The summed E-state index contributed by atoms with van der Waals surface area (Å²) >= 11 is 0. The number of carboxylic acid groups (broad SMARTS) is 1. The van der Waals surface area contributed by atoms with Gasteiger partial charge in [0.15, 0.2) is 0 Å². The van der Waals surface area contributed by atoms with Crippen LogP contribution >= 0.6 is 0 Å². The lowest BCUT2D eigenvalue weighted by Crippen LogP contribution is -2.62. The summed E-state index contributed by atoms with van der Waals surface area (Å²) in [5.74, 6) is -2.92. The Kier molecular flexibility index (Phi) is 3.79. The van der Waals surface area contributed by atoms with Crippen LogP contribution in [0.1, 0.15) is 10.4 Å².